The quantitative estimate of drug-likeness (QED) is 0.755. The van der Waals surface area contributed by atoms with Crippen LogP contribution in [-0.4, -0.2) is 35.7 Å². The maximum atomic E-state index is 10.1. The van der Waals surface area contributed by atoms with Crippen LogP contribution in [0.5, 0.6) is 0 Å². The van der Waals surface area contributed by atoms with Crippen LogP contribution in [0.4, 0.5) is 11.5 Å². The van der Waals surface area contributed by atoms with Crippen molar-refractivity contribution < 1.29 is 9.84 Å². The van der Waals surface area contributed by atoms with E-state index in [1.54, 1.807) is 0 Å². The van der Waals surface area contributed by atoms with E-state index in [0.29, 0.717) is 12.5 Å². The molecule has 0 spiro atoms. The van der Waals surface area contributed by atoms with E-state index >= 15 is 0 Å². The first-order chi connectivity index (χ1) is 12.8. The molecule has 2 aromatic rings. The van der Waals surface area contributed by atoms with Gasteiger partial charge in [0.2, 0.25) is 6.41 Å². The summed E-state index contributed by atoms with van der Waals surface area (Å²) >= 11 is 0. The number of aliphatic hydroxyl groups excluding tert-OH is 1. The van der Waals surface area contributed by atoms with E-state index < -0.39 is 6.41 Å². The Morgan fingerprint density at radius 2 is 2.11 bits per heavy atom. The van der Waals surface area contributed by atoms with Crippen LogP contribution >= 0.6 is 0 Å². The van der Waals surface area contributed by atoms with Gasteiger partial charge in [0.25, 0.3) is 0 Å². The fourth-order valence-corrected chi connectivity index (χ4v) is 3.63. The molecule has 5 nitrogen and oxygen atoms in total. The Hall–Kier alpha value is -1.95. The second-order valence-electron chi connectivity index (χ2n) is 8.21. The van der Waals surface area contributed by atoms with Gasteiger partial charge in [-0.05, 0) is 81.3 Å². The summed E-state index contributed by atoms with van der Waals surface area (Å²) in [6, 6.07) is 12.6. The number of rotatable bonds is 6. The number of aliphatic hydroxyl groups is 1. The average Bonchev–Trinajstić information content (AvgIpc) is 2.64. The van der Waals surface area contributed by atoms with Crippen LogP contribution in [0.3, 0.4) is 0 Å². The smallest absolute Gasteiger partial charge is 0.214 e. The molecule has 2 atom stereocenters. The number of fused-ring (bicyclic) bond motifs is 1. The van der Waals surface area contributed by atoms with Crippen LogP contribution in [0, 0.1) is 0 Å². The third-order valence-corrected chi connectivity index (χ3v) is 4.95. The molecule has 3 rings (SSSR count). The van der Waals surface area contributed by atoms with Gasteiger partial charge in [-0.25, -0.2) is 4.98 Å². The molecule has 0 bridgehead atoms. The van der Waals surface area contributed by atoms with Crippen LogP contribution in [0.2, 0.25) is 0 Å². The van der Waals surface area contributed by atoms with E-state index in [1.165, 1.54) is 11.1 Å². The predicted molar refractivity (Wildman–Crippen MR) is 109 cm³/mol. The summed E-state index contributed by atoms with van der Waals surface area (Å²) in [6.45, 7) is 6.52. The van der Waals surface area contributed by atoms with Crippen molar-refractivity contribution in [3.63, 3.8) is 0 Å². The molecule has 2 N–H and O–H groups in total. The van der Waals surface area contributed by atoms with Gasteiger partial charge in [-0.1, -0.05) is 12.1 Å². The molecule has 146 valence electrons. The lowest BCUT2D eigenvalue weighted by molar-refractivity contribution is -0.181. The van der Waals surface area contributed by atoms with E-state index in [-0.39, 0.29) is 5.60 Å². The number of anilines is 2. The molecule has 0 saturated heterocycles. The van der Waals surface area contributed by atoms with Gasteiger partial charge in [-0.15, -0.1) is 0 Å². The molecule has 1 unspecified atom stereocenters. The Labute approximate surface area is 162 Å². The lowest BCUT2D eigenvalue weighted by atomic mass is 9.82. The SMILES string of the molecule is CN(c1ccc2c(c1)CCC[C@H]2CNC(O)OC(C)(C)C)c1ccccn1. The van der Waals surface area contributed by atoms with Gasteiger partial charge >= 0.3 is 0 Å². The van der Waals surface area contributed by atoms with E-state index in [2.05, 4.69) is 33.4 Å². The number of nitrogens with one attached hydrogen (secondary N) is 1. The van der Waals surface area contributed by atoms with Crippen molar-refractivity contribution in [3.05, 3.63) is 53.7 Å². The van der Waals surface area contributed by atoms with Crippen molar-refractivity contribution in [2.24, 2.45) is 0 Å². The molecular formula is C22H31N3O2. The summed E-state index contributed by atoms with van der Waals surface area (Å²) in [5, 5.41) is 13.2. The zero-order valence-corrected chi connectivity index (χ0v) is 16.8. The van der Waals surface area contributed by atoms with Gasteiger partial charge in [0.05, 0.1) is 5.60 Å². The van der Waals surface area contributed by atoms with E-state index in [4.69, 9.17) is 4.74 Å². The number of benzene rings is 1. The fraction of sp³-hybridized carbons (Fsp3) is 0.500. The third-order valence-electron chi connectivity index (χ3n) is 4.95. The lowest BCUT2D eigenvalue weighted by Gasteiger charge is -2.30. The normalized spacial score (nSPS) is 18.0. The highest BCUT2D eigenvalue weighted by Crippen LogP contribution is 2.34. The number of aromatic nitrogens is 1. The molecule has 0 saturated carbocycles. The summed E-state index contributed by atoms with van der Waals surface area (Å²) in [6.07, 6.45) is 4.25. The summed E-state index contributed by atoms with van der Waals surface area (Å²) < 4.78 is 5.55. The van der Waals surface area contributed by atoms with E-state index in [9.17, 15) is 5.11 Å². The summed E-state index contributed by atoms with van der Waals surface area (Å²) in [5.74, 6) is 1.33. The van der Waals surface area contributed by atoms with Gasteiger partial charge in [0.1, 0.15) is 5.82 Å². The monoisotopic (exact) mass is 369 g/mol. The second kappa shape index (κ2) is 8.38. The highest BCUT2D eigenvalue weighted by atomic mass is 16.6. The molecule has 27 heavy (non-hydrogen) atoms. The molecule has 1 aliphatic carbocycles. The van der Waals surface area contributed by atoms with E-state index in [0.717, 1.165) is 30.8 Å². The Kier molecular flexibility index (Phi) is 6.15. The Bertz CT molecular complexity index is 743. The largest absolute Gasteiger partial charge is 0.356 e. The topological polar surface area (TPSA) is 57.6 Å². The molecule has 0 amide bonds. The second-order valence-corrected chi connectivity index (χ2v) is 8.21. The van der Waals surface area contributed by atoms with Crippen LogP contribution in [-0.2, 0) is 11.2 Å². The highest BCUT2D eigenvalue weighted by molar-refractivity contribution is 5.61. The Balaban J connectivity index is 1.69. The van der Waals surface area contributed by atoms with Gasteiger partial charge in [-0.2, -0.15) is 0 Å². The highest BCUT2D eigenvalue weighted by Gasteiger charge is 2.23. The first-order valence-electron chi connectivity index (χ1n) is 9.70. The third kappa shape index (κ3) is 5.28. The maximum absolute atomic E-state index is 10.1. The van der Waals surface area contributed by atoms with Gasteiger partial charge in [-0.3, -0.25) is 5.32 Å². The minimum absolute atomic E-state index is 0.373. The minimum atomic E-state index is -0.940. The van der Waals surface area contributed by atoms with Crippen molar-refractivity contribution in [1.82, 2.24) is 10.3 Å². The number of aryl methyl sites for hydroxylation is 1. The lowest BCUT2D eigenvalue weighted by Crippen LogP contribution is -2.40. The Morgan fingerprint density at radius 3 is 2.81 bits per heavy atom. The summed E-state index contributed by atoms with van der Waals surface area (Å²) in [7, 11) is 2.05. The average molecular weight is 370 g/mol. The zero-order valence-electron chi connectivity index (χ0n) is 16.8. The first kappa shape index (κ1) is 19.8. The van der Waals surface area contributed by atoms with Gasteiger partial charge < -0.3 is 14.7 Å². The maximum Gasteiger partial charge on any atom is 0.214 e. The number of pyridine rings is 1. The van der Waals surface area contributed by atoms with Crippen molar-refractivity contribution in [2.75, 3.05) is 18.5 Å². The number of nitrogens with zero attached hydrogens (tertiary/aromatic N) is 2. The Morgan fingerprint density at radius 1 is 1.30 bits per heavy atom. The molecule has 1 aromatic carbocycles. The van der Waals surface area contributed by atoms with Crippen molar-refractivity contribution in [2.45, 2.75) is 58.0 Å². The zero-order chi connectivity index (χ0) is 19.4. The molecule has 0 radical (unpaired) electrons. The van der Waals surface area contributed by atoms with Crippen molar-refractivity contribution in [1.29, 1.82) is 0 Å². The molecule has 5 heteroatoms. The van der Waals surface area contributed by atoms with Crippen LogP contribution in [0.25, 0.3) is 0 Å². The van der Waals surface area contributed by atoms with E-state index in [1.807, 2.05) is 52.2 Å². The summed E-state index contributed by atoms with van der Waals surface area (Å²) in [4.78, 5) is 6.55. The first-order valence-corrected chi connectivity index (χ1v) is 9.70. The molecular weight excluding hydrogens is 338 g/mol. The molecule has 0 fully saturated rings. The van der Waals surface area contributed by atoms with Crippen LogP contribution in [0.15, 0.2) is 42.6 Å². The number of hydrogen-bond donors (Lipinski definition) is 2. The molecule has 1 aromatic heterocycles. The number of ether oxygens (including phenoxy) is 1. The molecule has 0 aliphatic heterocycles. The fourth-order valence-electron chi connectivity index (χ4n) is 3.63. The van der Waals surface area contributed by atoms with Crippen molar-refractivity contribution in [3.8, 4) is 0 Å². The minimum Gasteiger partial charge on any atom is -0.356 e. The standard InChI is InChI=1S/C22H31N3O2/c1-22(2,3)27-21(26)24-15-17-9-7-8-16-14-18(11-12-19(16)17)25(4)20-10-5-6-13-23-20/h5-6,10-14,17,21,24,26H,7-9,15H2,1-4H3/t17-,21?/m0/s1. The molecule has 1 heterocycles. The summed E-state index contributed by atoms with van der Waals surface area (Å²) in [5.41, 5.74) is 3.54. The number of hydrogen-bond acceptors (Lipinski definition) is 5. The van der Waals surface area contributed by atoms with Crippen LogP contribution < -0.4 is 10.2 Å². The molecule has 1 aliphatic rings. The van der Waals surface area contributed by atoms with Crippen molar-refractivity contribution >= 4 is 11.5 Å². The van der Waals surface area contributed by atoms with Crippen LogP contribution in [0.1, 0.15) is 50.7 Å². The van der Waals surface area contributed by atoms with Gasteiger partial charge in [0.15, 0.2) is 0 Å². The van der Waals surface area contributed by atoms with Gasteiger partial charge in [0, 0.05) is 25.5 Å². The predicted octanol–water partition coefficient (Wildman–Crippen LogP) is 3.95.